The predicted octanol–water partition coefficient (Wildman–Crippen LogP) is 1.55. The lowest BCUT2D eigenvalue weighted by molar-refractivity contribution is -0.142. The van der Waals surface area contributed by atoms with Crippen molar-refractivity contribution in [2.24, 2.45) is 0 Å². The Bertz CT molecular complexity index is 159. The minimum atomic E-state index is -0.262. The van der Waals surface area contributed by atoms with Crippen LogP contribution in [0, 0.1) is 0 Å². The summed E-state index contributed by atoms with van der Waals surface area (Å²) in [5, 5.41) is 0. The van der Waals surface area contributed by atoms with E-state index in [1.54, 1.807) is 7.11 Å². The molecule has 0 saturated heterocycles. The molecule has 0 fully saturated rings. The van der Waals surface area contributed by atoms with E-state index in [-0.39, 0.29) is 11.9 Å². The first-order valence-electron chi connectivity index (χ1n) is 5.30. The van der Waals surface area contributed by atoms with E-state index in [0.717, 1.165) is 12.8 Å². The molecule has 0 N–H and O–H groups in total. The fourth-order valence-electron chi connectivity index (χ4n) is 0.629. The zero-order valence-corrected chi connectivity index (χ0v) is 10.6. The molecule has 96 valence electrons. The summed E-state index contributed by atoms with van der Waals surface area (Å²) in [7, 11) is 1.56. The molecule has 0 spiro atoms. The van der Waals surface area contributed by atoms with E-state index < -0.39 is 0 Å². The summed E-state index contributed by atoms with van der Waals surface area (Å²) in [4.78, 5) is 20.1. The Hall–Kier alpha value is -1.10. The number of rotatable bonds is 6. The van der Waals surface area contributed by atoms with Gasteiger partial charge in [-0.2, -0.15) is 0 Å². The van der Waals surface area contributed by atoms with Crippen LogP contribution in [0.4, 0.5) is 0 Å². The van der Waals surface area contributed by atoms with Crippen LogP contribution < -0.4 is 0 Å². The van der Waals surface area contributed by atoms with Crippen LogP contribution in [0.2, 0.25) is 0 Å². The molecule has 0 aromatic rings. The van der Waals surface area contributed by atoms with Crippen LogP contribution in [0.1, 0.15) is 33.6 Å². The van der Waals surface area contributed by atoms with E-state index >= 15 is 0 Å². The second-order valence-corrected chi connectivity index (χ2v) is 3.03. The summed E-state index contributed by atoms with van der Waals surface area (Å²) in [5.41, 5.74) is 0. The molecule has 0 aliphatic heterocycles. The van der Waals surface area contributed by atoms with E-state index in [2.05, 4.69) is 21.1 Å². The number of esters is 2. The Labute approximate surface area is 97.1 Å². The lowest BCUT2D eigenvalue weighted by Gasteiger charge is -1.97. The van der Waals surface area contributed by atoms with Crippen LogP contribution in [0.15, 0.2) is 0 Å². The third kappa shape index (κ3) is 23.1. The number of methoxy groups -OCH3 is 1. The van der Waals surface area contributed by atoms with Gasteiger partial charge in [-0.25, -0.2) is 0 Å². The van der Waals surface area contributed by atoms with Crippen molar-refractivity contribution in [1.82, 2.24) is 0 Å². The molecule has 0 rings (SSSR count). The minimum Gasteiger partial charge on any atom is -0.466 e. The molecule has 0 aromatic heterocycles. The Balaban J connectivity index is 0. The molecule has 0 aliphatic carbocycles. The van der Waals surface area contributed by atoms with Gasteiger partial charge in [0.2, 0.25) is 0 Å². The van der Waals surface area contributed by atoms with Gasteiger partial charge >= 0.3 is 11.9 Å². The van der Waals surface area contributed by atoms with Crippen molar-refractivity contribution >= 4 is 11.9 Å². The maximum absolute atomic E-state index is 10.1. The average molecular weight is 234 g/mol. The number of unbranched alkanes of at least 4 members (excludes halogenated alkanes) is 1. The van der Waals surface area contributed by atoms with Crippen LogP contribution in [-0.2, 0) is 23.8 Å². The van der Waals surface area contributed by atoms with E-state index in [9.17, 15) is 9.59 Å². The third-order valence-corrected chi connectivity index (χ3v) is 1.40. The molecule has 5 nitrogen and oxygen atoms in total. The van der Waals surface area contributed by atoms with Gasteiger partial charge in [0.25, 0.3) is 0 Å². The maximum atomic E-state index is 10.1. The van der Waals surface area contributed by atoms with E-state index in [4.69, 9.17) is 0 Å². The number of ether oxygens (including phenoxy) is 3. The van der Waals surface area contributed by atoms with Crippen LogP contribution in [0.5, 0.6) is 0 Å². The lowest BCUT2D eigenvalue weighted by Crippen LogP contribution is -2.05. The smallest absolute Gasteiger partial charge is 0.302 e. The SMILES string of the molecule is CCCCOC(C)=O.COCCOC(C)=O. The molecule has 0 radical (unpaired) electrons. The Kier molecular flexibility index (Phi) is 15.0. The van der Waals surface area contributed by atoms with Gasteiger partial charge in [-0.15, -0.1) is 0 Å². The summed E-state index contributed by atoms with van der Waals surface area (Å²) in [6, 6.07) is 0. The normalized spacial score (nSPS) is 8.75. The Morgan fingerprint density at radius 3 is 1.81 bits per heavy atom. The second kappa shape index (κ2) is 13.9. The largest absolute Gasteiger partial charge is 0.466 e. The van der Waals surface area contributed by atoms with Gasteiger partial charge in [0.15, 0.2) is 0 Å². The molecule has 0 amide bonds. The van der Waals surface area contributed by atoms with Crippen molar-refractivity contribution in [1.29, 1.82) is 0 Å². The molecule has 16 heavy (non-hydrogen) atoms. The molecule has 0 atom stereocenters. The molecule has 0 heterocycles. The van der Waals surface area contributed by atoms with Gasteiger partial charge in [0.1, 0.15) is 6.61 Å². The molecular weight excluding hydrogens is 212 g/mol. The topological polar surface area (TPSA) is 61.8 Å². The number of carbonyl (C=O) groups is 2. The van der Waals surface area contributed by atoms with Crippen molar-refractivity contribution < 1.29 is 23.8 Å². The van der Waals surface area contributed by atoms with Gasteiger partial charge in [-0.05, 0) is 6.42 Å². The second-order valence-electron chi connectivity index (χ2n) is 3.03. The molecule has 0 bridgehead atoms. The van der Waals surface area contributed by atoms with Crippen LogP contribution in [-0.4, -0.2) is 38.9 Å². The highest BCUT2D eigenvalue weighted by atomic mass is 16.6. The van der Waals surface area contributed by atoms with E-state index in [0.29, 0.717) is 19.8 Å². The summed E-state index contributed by atoms with van der Waals surface area (Å²) in [6.45, 7) is 6.26. The summed E-state index contributed by atoms with van der Waals surface area (Å²) < 4.78 is 13.8. The van der Waals surface area contributed by atoms with Crippen LogP contribution >= 0.6 is 0 Å². The van der Waals surface area contributed by atoms with Gasteiger partial charge < -0.3 is 14.2 Å². The first kappa shape index (κ1) is 17.3. The van der Waals surface area contributed by atoms with Crippen molar-refractivity contribution in [3.63, 3.8) is 0 Å². The van der Waals surface area contributed by atoms with Crippen molar-refractivity contribution in [3.8, 4) is 0 Å². The Morgan fingerprint density at radius 1 is 0.938 bits per heavy atom. The number of carbonyl (C=O) groups excluding carboxylic acids is 2. The molecule has 0 aromatic carbocycles. The van der Waals surface area contributed by atoms with Gasteiger partial charge in [-0.1, -0.05) is 13.3 Å². The number of hydrogen-bond donors (Lipinski definition) is 0. The summed E-state index contributed by atoms with van der Waals surface area (Å²) in [6.07, 6.45) is 2.05. The predicted molar refractivity (Wildman–Crippen MR) is 60.1 cm³/mol. The lowest BCUT2D eigenvalue weighted by atomic mass is 10.4. The fourth-order valence-corrected chi connectivity index (χ4v) is 0.629. The molecule has 0 aliphatic rings. The molecule has 5 heteroatoms. The van der Waals surface area contributed by atoms with Crippen molar-refractivity contribution in [2.45, 2.75) is 33.6 Å². The average Bonchev–Trinajstić information content (AvgIpc) is 2.18. The molecule has 0 unspecified atom stereocenters. The first-order chi connectivity index (χ1) is 7.54. The van der Waals surface area contributed by atoms with E-state index in [1.807, 2.05) is 0 Å². The van der Waals surface area contributed by atoms with Crippen molar-refractivity contribution in [3.05, 3.63) is 0 Å². The van der Waals surface area contributed by atoms with Crippen LogP contribution in [0.3, 0.4) is 0 Å². The number of hydrogen-bond acceptors (Lipinski definition) is 5. The first-order valence-corrected chi connectivity index (χ1v) is 5.30. The highest BCUT2D eigenvalue weighted by Crippen LogP contribution is 1.86. The quantitative estimate of drug-likeness (QED) is 0.515. The van der Waals surface area contributed by atoms with Gasteiger partial charge in [0.05, 0.1) is 13.2 Å². The minimum absolute atomic E-state index is 0.182. The maximum Gasteiger partial charge on any atom is 0.302 e. The highest BCUT2D eigenvalue weighted by molar-refractivity contribution is 5.66. The Morgan fingerprint density at radius 2 is 1.44 bits per heavy atom. The zero-order chi connectivity index (χ0) is 12.8. The highest BCUT2D eigenvalue weighted by Gasteiger charge is 1.88. The third-order valence-electron chi connectivity index (χ3n) is 1.40. The van der Waals surface area contributed by atoms with Crippen molar-refractivity contribution in [2.75, 3.05) is 26.9 Å². The summed E-state index contributed by atoms with van der Waals surface area (Å²) in [5.74, 6) is -0.444. The summed E-state index contributed by atoms with van der Waals surface area (Å²) >= 11 is 0. The molecular formula is C11H22O5. The van der Waals surface area contributed by atoms with Crippen LogP contribution in [0.25, 0.3) is 0 Å². The standard InChI is InChI=1S/C6H12O2.C5H10O3/c1-3-4-5-8-6(2)7;1-5(6)8-4-3-7-2/h3-5H2,1-2H3;3-4H2,1-2H3. The van der Waals surface area contributed by atoms with Gasteiger partial charge in [-0.3, -0.25) is 9.59 Å². The monoisotopic (exact) mass is 234 g/mol. The fraction of sp³-hybridized carbons (Fsp3) is 0.818. The zero-order valence-electron chi connectivity index (χ0n) is 10.6. The molecule has 0 saturated carbocycles. The van der Waals surface area contributed by atoms with Gasteiger partial charge in [0, 0.05) is 21.0 Å². The van der Waals surface area contributed by atoms with E-state index in [1.165, 1.54) is 13.8 Å².